The van der Waals surface area contributed by atoms with E-state index in [1.54, 1.807) is 11.8 Å². The van der Waals surface area contributed by atoms with Crippen LogP contribution in [0.15, 0.2) is 53.4 Å². The van der Waals surface area contributed by atoms with E-state index < -0.39 is 0 Å². The Morgan fingerprint density at radius 2 is 1.96 bits per heavy atom. The van der Waals surface area contributed by atoms with Gasteiger partial charge in [0.2, 0.25) is 5.91 Å². The molecule has 1 aliphatic rings. The van der Waals surface area contributed by atoms with Gasteiger partial charge >= 0.3 is 0 Å². The minimum absolute atomic E-state index is 0.0991. The van der Waals surface area contributed by atoms with Gasteiger partial charge in [0, 0.05) is 43.0 Å². The van der Waals surface area contributed by atoms with Gasteiger partial charge in [-0.1, -0.05) is 47.2 Å². The molecule has 0 spiro atoms. The molecule has 0 unspecified atom stereocenters. The molecule has 4 nitrogen and oxygen atoms in total. The number of rotatable bonds is 6. The predicted molar refractivity (Wildman–Crippen MR) is 117 cm³/mol. The number of thiazole rings is 1. The van der Waals surface area contributed by atoms with Crippen molar-refractivity contribution in [2.75, 3.05) is 18.8 Å². The Hall–Kier alpha value is -1.76. The van der Waals surface area contributed by atoms with Crippen LogP contribution in [-0.2, 0) is 4.79 Å². The van der Waals surface area contributed by atoms with Crippen molar-refractivity contribution in [3.63, 3.8) is 0 Å². The summed E-state index contributed by atoms with van der Waals surface area (Å²) >= 11 is 9.44. The molecule has 1 aromatic heterocycles. The molecule has 146 valence electrons. The quantitative estimate of drug-likeness (QED) is 0.482. The van der Waals surface area contributed by atoms with Crippen LogP contribution < -0.4 is 4.74 Å². The summed E-state index contributed by atoms with van der Waals surface area (Å²) < 4.78 is 7.10. The van der Waals surface area contributed by atoms with Crippen LogP contribution in [0.2, 0.25) is 5.02 Å². The number of aromatic nitrogens is 1. The van der Waals surface area contributed by atoms with Gasteiger partial charge in [0.15, 0.2) is 0 Å². The maximum atomic E-state index is 12.5. The fourth-order valence-corrected chi connectivity index (χ4v) is 5.28. The number of thioether (sulfide) groups is 1. The Balaban J connectivity index is 1.23. The summed E-state index contributed by atoms with van der Waals surface area (Å²) in [5.74, 6) is 1.04. The molecular formula is C21H21ClN2O2S2. The summed E-state index contributed by atoms with van der Waals surface area (Å²) in [4.78, 5) is 20.1. The lowest BCUT2D eigenvalue weighted by Crippen LogP contribution is -2.41. The van der Waals surface area contributed by atoms with Gasteiger partial charge in [-0.3, -0.25) is 4.79 Å². The van der Waals surface area contributed by atoms with Crippen molar-refractivity contribution in [1.82, 2.24) is 9.88 Å². The zero-order valence-corrected chi connectivity index (χ0v) is 17.7. The van der Waals surface area contributed by atoms with Crippen molar-refractivity contribution < 1.29 is 9.53 Å². The molecule has 3 aromatic rings. The molecule has 1 aliphatic heterocycles. The average molecular weight is 433 g/mol. The Labute approximate surface area is 177 Å². The number of halogens is 1. The summed E-state index contributed by atoms with van der Waals surface area (Å²) in [6.07, 6.45) is 2.34. The van der Waals surface area contributed by atoms with E-state index in [4.69, 9.17) is 16.3 Å². The molecule has 1 saturated heterocycles. The van der Waals surface area contributed by atoms with E-state index in [-0.39, 0.29) is 12.0 Å². The number of benzene rings is 2. The third-order valence-corrected chi connectivity index (χ3v) is 6.97. The molecule has 0 N–H and O–H groups in total. The average Bonchev–Trinajstić information content (AvgIpc) is 3.13. The molecular weight excluding hydrogens is 412 g/mol. The van der Waals surface area contributed by atoms with Crippen LogP contribution in [0.5, 0.6) is 5.19 Å². The molecule has 1 amide bonds. The highest BCUT2D eigenvalue weighted by molar-refractivity contribution is 7.99. The second-order valence-electron chi connectivity index (χ2n) is 6.68. The van der Waals surface area contributed by atoms with E-state index >= 15 is 0 Å². The number of piperidine rings is 1. The van der Waals surface area contributed by atoms with E-state index in [1.165, 1.54) is 16.2 Å². The van der Waals surface area contributed by atoms with Crippen LogP contribution in [-0.4, -0.2) is 40.7 Å². The molecule has 2 heterocycles. The van der Waals surface area contributed by atoms with Crippen LogP contribution in [0.3, 0.4) is 0 Å². The number of hydrogen-bond acceptors (Lipinski definition) is 5. The topological polar surface area (TPSA) is 42.4 Å². The standard InChI is InChI=1S/C21H21ClN2O2S2/c22-17-7-4-8-18-20(17)23-21(28-18)26-15-9-12-24(13-10-15)19(25)11-14-27-16-5-2-1-3-6-16/h1-8,15H,9-14H2. The lowest BCUT2D eigenvalue weighted by Gasteiger charge is -2.31. The largest absolute Gasteiger partial charge is 0.467 e. The van der Waals surface area contributed by atoms with E-state index in [0.29, 0.717) is 16.6 Å². The fraction of sp³-hybridized carbons (Fsp3) is 0.333. The van der Waals surface area contributed by atoms with Crippen LogP contribution in [0, 0.1) is 0 Å². The fourth-order valence-electron chi connectivity index (χ4n) is 3.24. The maximum absolute atomic E-state index is 12.5. The van der Waals surface area contributed by atoms with Gasteiger partial charge in [-0.15, -0.1) is 11.8 Å². The van der Waals surface area contributed by atoms with Crippen LogP contribution in [0.1, 0.15) is 19.3 Å². The zero-order valence-electron chi connectivity index (χ0n) is 15.3. The van der Waals surface area contributed by atoms with Gasteiger partial charge in [-0.25, -0.2) is 4.98 Å². The van der Waals surface area contributed by atoms with Crippen LogP contribution in [0.25, 0.3) is 10.2 Å². The van der Waals surface area contributed by atoms with E-state index in [2.05, 4.69) is 17.1 Å². The molecule has 0 bridgehead atoms. The van der Waals surface area contributed by atoms with Gasteiger partial charge in [0.05, 0.1) is 9.72 Å². The molecule has 28 heavy (non-hydrogen) atoms. The van der Waals surface area contributed by atoms with Crippen molar-refractivity contribution in [2.45, 2.75) is 30.3 Å². The Morgan fingerprint density at radius 1 is 1.18 bits per heavy atom. The smallest absolute Gasteiger partial charge is 0.274 e. The summed E-state index contributed by atoms with van der Waals surface area (Å²) in [7, 11) is 0. The molecule has 4 rings (SSSR count). The minimum atomic E-state index is 0.0991. The van der Waals surface area contributed by atoms with Gasteiger partial charge in [-0.05, 0) is 24.3 Å². The molecule has 0 atom stereocenters. The van der Waals surface area contributed by atoms with Crippen molar-refractivity contribution in [3.05, 3.63) is 53.6 Å². The van der Waals surface area contributed by atoms with Crippen LogP contribution >= 0.6 is 34.7 Å². The van der Waals surface area contributed by atoms with Gasteiger partial charge in [-0.2, -0.15) is 0 Å². The highest BCUT2D eigenvalue weighted by Gasteiger charge is 2.24. The number of nitrogens with zero attached hydrogens (tertiary/aromatic N) is 2. The number of carbonyl (C=O) groups is 1. The normalized spacial score (nSPS) is 15.1. The number of amides is 1. The predicted octanol–water partition coefficient (Wildman–Crippen LogP) is 5.50. The SMILES string of the molecule is O=C(CCSc1ccccc1)N1CCC(Oc2nc3c(Cl)cccc3s2)CC1. The molecule has 1 fully saturated rings. The maximum Gasteiger partial charge on any atom is 0.274 e. The van der Waals surface area contributed by atoms with Crippen molar-refractivity contribution in [1.29, 1.82) is 0 Å². The number of para-hydroxylation sites is 1. The zero-order chi connectivity index (χ0) is 19.3. The minimum Gasteiger partial charge on any atom is -0.467 e. The summed E-state index contributed by atoms with van der Waals surface area (Å²) in [6, 6.07) is 16.0. The van der Waals surface area contributed by atoms with E-state index in [9.17, 15) is 4.79 Å². The van der Waals surface area contributed by atoms with Gasteiger partial charge in [0.25, 0.3) is 5.19 Å². The number of ether oxygens (including phenoxy) is 1. The van der Waals surface area contributed by atoms with E-state index in [1.807, 2.05) is 41.3 Å². The molecule has 7 heteroatoms. The summed E-state index contributed by atoms with van der Waals surface area (Å²) in [6.45, 7) is 1.48. The van der Waals surface area contributed by atoms with E-state index in [0.717, 1.165) is 41.9 Å². The number of likely N-dealkylation sites (tertiary alicyclic amines) is 1. The number of carbonyl (C=O) groups excluding carboxylic acids is 1. The highest BCUT2D eigenvalue weighted by Crippen LogP contribution is 2.33. The lowest BCUT2D eigenvalue weighted by atomic mass is 10.1. The third kappa shape index (κ3) is 4.80. The summed E-state index contributed by atoms with van der Waals surface area (Å²) in [5, 5.41) is 1.31. The van der Waals surface area contributed by atoms with Crippen molar-refractivity contribution in [3.8, 4) is 5.19 Å². The molecule has 0 radical (unpaired) electrons. The monoisotopic (exact) mass is 432 g/mol. The number of hydrogen-bond donors (Lipinski definition) is 0. The first kappa shape index (κ1) is 19.6. The third-order valence-electron chi connectivity index (χ3n) is 4.74. The second-order valence-corrected chi connectivity index (χ2v) is 9.24. The first-order valence-electron chi connectivity index (χ1n) is 9.36. The Kier molecular flexibility index (Phi) is 6.40. The first-order valence-corrected chi connectivity index (χ1v) is 11.5. The van der Waals surface area contributed by atoms with Crippen molar-refractivity contribution >= 4 is 50.8 Å². The second kappa shape index (κ2) is 9.16. The van der Waals surface area contributed by atoms with Gasteiger partial charge in [0.1, 0.15) is 11.6 Å². The molecule has 0 saturated carbocycles. The van der Waals surface area contributed by atoms with Gasteiger partial charge < -0.3 is 9.64 Å². The Bertz CT molecular complexity index is 940. The van der Waals surface area contributed by atoms with Crippen molar-refractivity contribution in [2.24, 2.45) is 0 Å². The highest BCUT2D eigenvalue weighted by atomic mass is 35.5. The number of fused-ring (bicyclic) bond motifs is 1. The molecule has 2 aromatic carbocycles. The molecule has 0 aliphatic carbocycles. The lowest BCUT2D eigenvalue weighted by molar-refractivity contribution is -0.132. The summed E-state index contributed by atoms with van der Waals surface area (Å²) in [5.41, 5.74) is 0.799. The first-order chi connectivity index (χ1) is 13.7. The van der Waals surface area contributed by atoms with Crippen LogP contribution in [0.4, 0.5) is 0 Å². The Morgan fingerprint density at radius 3 is 2.71 bits per heavy atom.